The van der Waals surface area contributed by atoms with Crippen LogP contribution in [0.3, 0.4) is 0 Å². The van der Waals surface area contributed by atoms with Gasteiger partial charge in [0.25, 0.3) is 0 Å². The van der Waals surface area contributed by atoms with E-state index < -0.39 is 12.1 Å². The predicted octanol–water partition coefficient (Wildman–Crippen LogP) is 1.61. The molecular formula is C14H21ClN2O3. The van der Waals surface area contributed by atoms with Gasteiger partial charge in [0, 0.05) is 13.7 Å². The molecule has 20 heavy (non-hydrogen) atoms. The topological polar surface area (TPSA) is 61.8 Å². The second kappa shape index (κ2) is 8.21. The first-order chi connectivity index (χ1) is 9.45. The van der Waals surface area contributed by atoms with Crippen LogP contribution in [0.15, 0.2) is 24.3 Å². The van der Waals surface area contributed by atoms with Gasteiger partial charge in [0.2, 0.25) is 5.91 Å². The zero-order valence-electron chi connectivity index (χ0n) is 12.0. The molecule has 0 saturated heterocycles. The summed E-state index contributed by atoms with van der Waals surface area (Å²) in [5.74, 6) is -0.176. The Kier molecular flexibility index (Phi) is 6.95. The lowest BCUT2D eigenvalue weighted by atomic mass is 10.2. The summed E-state index contributed by atoms with van der Waals surface area (Å²) >= 11 is 5.99. The van der Waals surface area contributed by atoms with E-state index in [1.54, 1.807) is 43.1 Å². The van der Waals surface area contributed by atoms with Crippen LogP contribution >= 0.6 is 11.6 Å². The van der Waals surface area contributed by atoms with Gasteiger partial charge in [-0.15, -0.1) is 0 Å². The van der Waals surface area contributed by atoms with E-state index in [1.165, 1.54) is 7.11 Å². The van der Waals surface area contributed by atoms with Gasteiger partial charge in [-0.1, -0.05) is 23.7 Å². The number of anilines is 1. The van der Waals surface area contributed by atoms with Crippen molar-refractivity contribution in [1.82, 2.24) is 4.90 Å². The number of nitrogens with zero attached hydrogens (tertiary/aromatic N) is 1. The van der Waals surface area contributed by atoms with E-state index in [0.717, 1.165) is 0 Å². The third-order valence-corrected chi connectivity index (χ3v) is 3.36. The van der Waals surface area contributed by atoms with E-state index in [2.05, 4.69) is 5.32 Å². The van der Waals surface area contributed by atoms with Crippen LogP contribution in [0, 0.1) is 0 Å². The molecule has 0 aromatic heterocycles. The Balaban J connectivity index is 2.56. The maximum Gasteiger partial charge on any atom is 0.241 e. The number of nitrogens with one attached hydrogen (secondary N) is 1. The summed E-state index contributed by atoms with van der Waals surface area (Å²) in [6, 6.07) is 6.67. The zero-order valence-corrected chi connectivity index (χ0v) is 12.7. The molecule has 0 aliphatic heterocycles. The van der Waals surface area contributed by atoms with Crippen molar-refractivity contribution < 1.29 is 14.6 Å². The SMILES string of the molecule is COCC(O)CN(C)C(C)C(=O)Nc1ccccc1Cl. The third kappa shape index (κ3) is 5.09. The lowest BCUT2D eigenvalue weighted by Crippen LogP contribution is -2.44. The number of ether oxygens (including phenoxy) is 1. The summed E-state index contributed by atoms with van der Waals surface area (Å²) in [5.41, 5.74) is 0.580. The average Bonchev–Trinajstić information content (AvgIpc) is 2.40. The molecule has 0 fully saturated rings. The quantitative estimate of drug-likeness (QED) is 0.803. The first kappa shape index (κ1) is 16.9. The number of para-hydroxylation sites is 1. The standard InChI is InChI=1S/C14H21ClN2O3/c1-10(17(2)8-11(18)9-20-3)14(19)16-13-7-5-4-6-12(13)15/h4-7,10-11,18H,8-9H2,1-3H3,(H,16,19). The average molecular weight is 301 g/mol. The molecule has 0 radical (unpaired) electrons. The van der Waals surface area contributed by atoms with Gasteiger partial charge >= 0.3 is 0 Å². The lowest BCUT2D eigenvalue weighted by molar-refractivity contribution is -0.120. The van der Waals surface area contributed by atoms with Gasteiger partial charge in [-0.05, 0) is 26.1 Å². The normalized spacial score (nSPS) is 14.1. The number of hydrogen-bond acceptors (Lipinski definition) is 4. The maximum atomic E-state index is 12.1. The highest BCUT2D eigenvalue weighted by Gasteiger charge is 2.20. The summed E-state index contributed by atoms with van der Waals surface area (Å²) in [5, 5.41) is 12.9. The largest absolute Gasteiger partial charge is 0.389 e. The molecule has 0 bridgehead atoms. The van der Waals surface area contributed by atoms with Gasteiger partial charge < -0.3 is 15.2 Å². The van der Waals surface area contributed by atoms with Crippen LogP contribution in [0.1, 0.15) is 6.92 Å². The first-order valence-corrected chi connectivity index (χ1v) is 6.76. The number of hydrogen-bond donors (Lipinski definition) is 2. The molecule has 0 spiro atoms. The number of rotatable bonds is 7. The van der Waals surface area contributed by atoms with Gasteiger partial charge in [-0.25, -0.2) is 0 Å². The maximum absolute atomic E-state index is 12.1. The molecule has 1 aromatic carbocycles. The molecule has 0 heterocycles. The second-order valence-electron chi connectivity index (χ2n) is 4.69. The molecule has 1 aromatic rings. The van der Waals surface area contributed by atoms with Crippen molar-refractivity contribution in [3.8, 4) is 0 Å². The number of carbonyl (C=O) groups excluding carboxylic acids is 1. The molecule has 1 rings (SSSR count). The Morgan fingerprint density at radius 1 is 1.50 bits per heavy atom. The summed E-state index contributed by atoms with van der Waals surface area (Å²) in [6.45, 7) is 2.36. The van der Waals surface area contributed by atoms with Crippen LogP contribution < -0.4 is 5.32 Å². The molecule has 2 atom stereocenters. The molecule has 6 heteroatoms. The van der Waals surface area contributed by atoms with E-state index in [0.29, 0.717) is 17.3 Å². The molecule has 112 valence electrons. The highest BCUT2D eigenvalue weighted by atomic mass is 35.5. The Bertz CT molecular complexity index is 442. The van der Waals surface area contributed by atoms with Gasteiger partial charge in [0.15, 0.2) is 0 Å². The fraction of sp³-hybridized carbons (Fsp3) is 0.500. The highest BCUT2D eigenvalue weighted by Crippen LogP contribution is 2.20. The van der Waals surface area contributed by atoms with E-state index in [-0.39, 0.29) is 12.5 Å². The molecule has 2 N–H and O–H groups in total. The minimum absolute atomic E-state index is 0.176. The Hall–Kier alpha value is -1.14. The predicted molar refractivity (Wildman–Crippen MR) is 80.1 cm³/mol. The number of carbonyl (C=O) groups is 1. The number of halogens is 1. The van der Waals surface area contributed by atoms with Crippen molar-refractivity contribution in [2.75, 3.05) is 32.6 Å². The minimum Gasteiger partial charge on any atom is -0.389 e. The van der Waals surface area contributed by atoms with Crippen molar-refractivity contribution in [2.45, 2.75) is 19.1 Å². The Labute approximate surface area is 124 Å². The van der Waals surface area contributed by atoms with Crippen LogP contribution in [-0.4, -0.2) is 55.4 Å². The number of amides is 1. The van der Waals surface area contributed by atoms with E-state index in [9.17, 15) is 9.90 Å². The van der Waals surface area contributed by atoms with Crippen LogP contribution in [0.4, 0.5) is 5.69 Å². The molecule has 5 nitrogen and oxygen atoms in total. The van der Waals surface area contributed by atoms with Gasteiger partial charge in [-0.2, -0.15) is 0 Å². The van der Waals surface area contributed by atoms with Crippen molar-refractivity contribution in [2.24, 2.45) is 0 Å². The summed E-state index contributed by atoms with van der Waals surface area (Å²) in [7, 11) is 3.30. The molecule has 1 amide bonds. The van der Waals surface area contributed by atoms with Crippen molar-refractivity contribution in [1.29, 1.82) is 0 Å². The van der Waals surface area contributed by atoms with Gasteiger partial charge in [0.05, 0.1) is 29.5 Å². The van der Waals surface area contributed by atoms with Crippen LogP contribution in [-0.2, 0) is 9.53 Å². The monoisotopic (exact) mass is 300 g/mol. The third-order valence-electron chi connectivity index (χ3n) is 3.03. The Morgan fingerprint density at radius 2 is 2.15 bits per heavy atom. The number of likely N-dealkylation sites (N-methyl/N-ethyl adjacent to an activating group) is 1. The summed E-state index contributed by atoms with van der Waals surface area (Å²) in [6.07, 6.45) is -0.624. The number of benzene rings is 1. The van der Waals surface area contributed by atoms with Gasteiger partial charge in [0.1, 0.15) is 0 Å². The fourth-order valence-electron chi connectivity index (χ4n) is 1.74. The first-order valence-electron chi connectivity index (χ1n) is 6.38. The number of aliphatic hydroxyl groups is 1. The molecule has 0 aliphatic carbocycles. The zero-order chi connectivity index (χ0) is 15.1. The highest BCUT2D eigenvalue weighted by molar-refractivity contribution is 6.33. The van der Waals surface area contributed by atoms with Gasteiger partial charge in [-0.3, -0.25) is 9.69 Å². The Morgan fingerprint density at radius 3 is 2.75 bits per heavy atom. The molecule has 2 unspecified atom stereocenters. The molecule has 0 aliphatic rings. The smallest absolute Gasteiger partial charge is 0.241 e. The summed E-state index contributed by atoms with van der Waals surface area (Å²) in [4.78, 5) is 13.9. The van der Waals surface area contributed by atoms with E-state index in [4.69, 9.17) is 16.3 Å². The van der Waals surface area contributed by atoms with Crippen LogP contribution in [0.5, 0.6) is 0 Å². The van der Waals surface area contributed by atoms with Crippen LogP contribution in [0.25, 0.3) is 0 Å². The van der Waals surface area contributed by atoms with Crippen molar-refractivity contribution in [3.05, 3.63) is 29.3 Å². The molecular weight excluding hydrogens is 280 g/mol. The molecule has 0 saturated carbocycles. The fourth-order valence-corrected chi connectivity index (χ4v) is 1.92. The second-order valence-corrected chi connectivity index (χ2v) is 5.10. The number of aliphatic hydroxyl groups excluding tert-OH is 1. The lowest BCUT2D eigenvalue weighted by Gasteiger charge is -2.26. The van der Waals surface area contributed by atoms with Crippen molar-refractivity contribution in [3.63, 3.8) is 0 Å². The summed E-state index contributed by atoms with van der Waals surface area (Å²) < 4.78 is 4.86. The number of methoxy groups -OCH3 is 1. The minimum atomic E-state index is -0.624. The van der Waals surface area contributed by atoms with E-state index in [1.807, 2.05) is 0 Å². The van der Waals surface area contributed by atoms with E-state index >= 15 is 0 Å². The van der Waals surface area contributed by atoms with Crippen molar-refractivity contribution >= 4 is 23.2 Å². The van der Waals surface area contributed by atoms with Crippen LogP contribution in [0.2, 0.25) is 5.02 Å².